The van der Waals surface area contributed by atoms with E-state index in [1.807, 2.05) is 0 Å². The second kappa shape index (κ2) is 11.1. The number of amides is 1. The molecular weight excluding hydrogens is 337 g/mol. The molecule has 1 aliphatic rings. The van der Waals surface area contributed by atoms with Gasteiger partial charge in [-0.2, -0.15) is 0 Å². The van der Waals surface area contributed by atoms with Crippen LogP contribution >= 0.6 is 22.6 Å². The predicted molar refractivity (Wildman–Crippen MR) is 86.2 cm³/mol. The molecule has 0 bridgehead atoms. The molecule has 1 amide bonds. The zero-order valence-electron chi connectivity index (χ0n) is 11.6. The molecular formula is C15H28INO. The maximum atomic E-state index is 11.7. The molecule has 1 saturated carbocycles. The minimum atomic E-state index is 0.273. The van der Waals surface area contributed by atoms with E-state index < -0.39 is 0 Å². The van der Waals surface area contributed by atoms with Gasteiger partial charge in [0.15, 0.2) is 0 Å². The highest BCUT2D eigenvalue weighted by Crippen LogP contribution is 2.27. The largest absolute Gasteiger partial charge is 0.356 e. The number of unbranched alkanes of at least 4 members (excludes halogenated alkanes) is 3. The van der Waals surface area contributed by atoms with Crippen LogP contribution in [-0.2, 0) is 4.79 Å². The van der Waals surface area contributed by atoms with Crippen molar-refractivity contribution in [2.45, 2.75) is 70.6 Å². The molecule has 18 heavy (non-hydrogen) atoms. The molecule has 0 unspecified atom stereocenters. The highest BCUT2D eigenvalue weighted by Gasteiger charge is 2.14. The van der Waals surface area contributed by atoms with Gasteiger partial charge < -0.3 is 5.32 Å². The van der Waals surface area contributed by atoms with Crippen LogP contribution in [0.1, 0.15) is 70.6 Å². The van der Waals surface area contributed by atoms with Crippen LogP contribution in [0.2, 0.25) is 0 Å². The zero-order valence-corrected chi connectivity index (χ0v) is 13.7. The Balaban J connectivity index is 1.90. The predicted octanol–water partition coefficient (Wildman–Crippen LogP) is 4.46. The molecule has 0 aromatic carbocycles. The maximum Gasteiger partial charge on any atom is 0.220 e. The third kappa shape index (κ3) is 8.33. The number of nitrogens with one attached hydrogen (secondary N) is 1. The summed E-state index contributed by atoms with van der Waals surface area (Å²) >= 11 is 2.42. The van der Waals surface area contributed by atoms with E-state index in [1.54, 1.807) is 0 Å². The Morgan fingerprint density at radius 1 is 1.06 bits per heavy atom. The third-order valence-corrected chi connectivity index (χ3v) is 4.65. The fraction of sp³-hybridized carbons (Fsp3) is 0.933. The lowest BCUT2D eigenvalue weighted by atomic mass is 9.86. The fourth-order valence-electron chi connectivity index (χ4n) is 2.70. The third-order valence-electron chi connectivity index (χ3n) is 3.89. The van der Waals surface area contributed by atoms with Crippen molar-refractivity contribution in [3.63, 3.8) is 0 Å². The lowest BCUT2D eigenvalue weighted by Gasteiger charge is -2.20. The van der Waals surface area contributed by atoms with E-state index in [0.717, 1.165) is 31.7 Å². The van der Waals surface area contributed by atoms with Crippen LogP contribution in [0, 0.1) is 5.92 Å². The molecule has 1 N–H and O–H groups in total. The first-order valence-corrected chi connectivity index (χ1v) is 9.18. The van der Waals surface area contributed by atoms with Crippen LogP contribution in [0.5, 0.6) is 0 Å². The van der Waals surface area contributed by atoms with Crippen molar-refractivity contribution < 1.29 is 4.79 Å². The summed E-state index contributed by atoms with van der Waals surface area (Å²) in [7, 11) is 0. The van der Waals surface area contributed by atoms with Crippen LogP contribution in [-0.4, -0.2) is 16.9 Å². The summed E-state index contributed by atoms with van der Waals surface area (Å²) in [5.74, 6) is 1.10. The smallest absolute Gasteiger partial charge is 0.220 e. The Labute approximate surface area is 126 Å². The summed E-state index contributed by atoms with van der Waals surface area (Å²) in [4.78, 5) is 11.7. The number of hydrogen-bond acceptors (Lipinski definition) is 1. The number of hydrogen-bond donors (Lipinski definition) is 1. The van der Waals surface area contributed by atoms with Crippen LogP contribution in [0.15, 0.2) is 0 Å². The molecule has 0 spiro atoms. The highest BCUT2D eigenvalue weighted by atomic mass is 127. The molecule has 0 saturated heterocycles. The van der Waals surface area contributed by atoms with Crippen molar-refractivity contribution in [2.24, 2.45) is 5.92 Å². The lowest BCUT2D eigenvalue weighted by molar-refractivity contribution is -0.121. The van der Waals surface area contributed by atoms with Gasteiger partial charge in [-0.3, -0.25) is 4.79 Å². The van der Waals surface area contributed by atoms with Crippen molar-refractivity contribution in [3.8, 4) is 0 Å². The number of rotatable bonds is 9. The minimum absolute atomic E-state index is 0.273. The summed E-state index contributed by atoms with van der Waals surface area (Å²) < 4.78 is 1.26. The second-order valence-electron chi connectivity index (χ2n) is 5.50. The Morgan fingerprint density at radius 2 is 1.78 bits per heavy atom. The molecule has 2 nitrogen and oxygen atoms in total. The molecule has 106 valence electrons. The van der Waals surface area contributed by atoms with E-state index in [1.165, 1.54) is 55.8 Å². The Morgan fingerprint density at radius 3 is 2.50 bits per heavy atom. The standard InChI is InChI=1S/C15H28INO/c16-12-6-1-2-7-13-17-15(18)11-10-14-8-4-3-5-9-14/h14H,1-13H2,(H,17,18). The SMILES string of the molecule is O=C(CCC1CCCCC1)NCCCCCCI. The molecule has 0 aromatic heterocycles. The zero-order chi connectivity index (χ0) is 13.1. The van der Waals surface area contributed by atoms with Gasteiger partial charge in [0, 0.05) is 13.0 Å². The number of carbonyl (C=O) groups excluding carboxylic acids is 1. The van der Waals surface area contributed by atoms with Gasteiger partial charge >= 0.3 is 0 Å². The van der Waals surface area contributed by atoms with E-state index in [2.05, 4.69) is 27.9 Å². The molecule has 0 aliphatic heterocycles. The summed E-state index contributed by atoms with van der Waals surface area (Å²) in [5.41, 5.74) is 0. The molecule has 1 rings (SSSR count). The molecule has 1 aliphatic carbocycles. The molecule has 3 heteroatoms. The topological polar surface area (TPSA) is 29.1 Å². The Bertz CT molecular complexity index is 215. The molecule has 0 atom stereocenters. The second-order valence-corrected chi connectivity index (χ2v) is 6.57. The normalized spacial score (nSPS) is 16.7. The number of halogens is 1. The summed E-state index contributed by atoms with van der Waals surface area (Å²) in [5, 5.41) is 3.06. The van der Waals surface area contributed by atoms with Gasteiger partial charge in [-0.05, 0) is 29.6 Å². The van der Waals surface area contributed by atoms with Gasteiger partial charge in [0.25, 0.3) is 0 Å². The van der Waals surface area contributed by atoms with Crippen molar-refractivity contribution >= 4 is 28.5 Å². The minimum Gasteiger partial charge on any atom is -0.356 e. The van der Waals surface area contributed by atoms with Gasteiger partial charge in [-0.1, -0.05) is 67.5 Å². The van der Waals surface area contributed by atoms with Gasteiger partial charge in [-0.25, -0.2) is 0 Å². The van der Waals surface area contributed by atoms with Gasteiger partial charge in [-0.15, -0.1) is 0 Å². The monoisotopic (exact) mass is 365 g/mol. The van der Waals surface area contributed by atoms with Gasteiger partial charge in [0.1, 0.15) is 0 Å². The molecule has 0 radical (unpaired) electrons. The lowest BCUT2D eigenvalue weighted by Crippen LogP contribution is -2.25. The van der Waals surface area contributed by atoms with Crippen molar-refractivity contribution in [2.75, 3.05) is 11.0 Å². The van der Waals surface area contributed by atoms with Crippen LogP contribution in [0.4, 0.5) is 0 Å². The van der Waals surface area contributed by atoms with E-state index >= 15 is 0 Å². The first kappa shape index (κ1) is 16.3. The molecule has 1 fully saturated rings. The quantitative estimate of drug-likeness (QED) is 0.365. The van der Waals surface area contributed by atoms with Crippen molar-refractivity contribution in [3.05, 3.63) is 0 Å². The summed E-state index contributed by atoms with van der Waals surface area (Å²) in [6, 6.07) is 0. The van der Waals surface area contributed by atoms with Crippen LogP contribution in [0.3, 0.4) is 0 Å². The van der Waals surface area contributed by atoms with Crippen molar-refractivity contribution in [1.82, 2.24) is 5.32 Å². The van der Waals surface area contributed by atoms with Crippen LogP contribution < -0.4 is 5.32 Å². The molecule has 0 heterocycles. The van der Waals surface area contributed by atoms with Crippen molar-refractivity contribution in [1.29, 1.82) is 0 Å². The van der Waals surface area contributed by atoms with Gasteiger partial charge in [0.2, 0.25) is 5.91 Å². The maximum absolute atomic E-state index is 11.7. The Hall–Kier alpha value is 0.200. The first-order valence-electron chi connectivity index (χ1n) is 7.65. The summed E-state index contributed by atoms with van der Waals surface area (Å²) in [6.07, 6.45) is 13.7. The highest BCUT2D eigenvalue weighted by molar-refractivity contribution is 14.1. The molecule has 0 aromatic rings. The number of alkyl halides is 1. The average molecular weight is 365 g/mol. The van der Waals surface area contributed by atoms with Crippen LogP contribution in [0.25, 0.3) is 0 Å². The van der Waals surface area contributed by atoms with E-state index in [9.17, 15) is 4.79 Å². The van der Waals surface area contributed by atoms with E-state index in [4.69, 9.17) is 0 Å². The Kier molecular flexibility index (Phi) is 9.99. The van der Waals surface area contributed by atoms with E-state index in [0.29, 0.717) is 0 Å². The first-order chi connectivity index (χ1) is 8.83. The average Bonchev–Trinajstić information content (AvgIpc) is 2.41. The van der Waals surface area contributed by atoms with Gasteiger partial charge in [0.05, 0.1) is 0 Å². The summed E-state index contributed by atoms with van der Waals surface area (Å²) in [6.45, 7) is 0.880. The number of carbonyl (C=O) groups is 1. The van der Waals surface area contributed by atoms with E-state index in [-0.39, 0.29) is 5.91 Å². The fourth-order valence-corrected chi connectivity index (χ4v) is 3.24.